The highest BCUT2D eigenvalue weighted by atomic mass is 32.2. The number of sulfonamides is 1. The summed E-state index contributed by atoms with van der Waals surface area (Å²) in [5.41, 5.74) is 2.14. The zero-order valence-corrected chi connectivity index (χ0v) is 16.6. The molecule has 6 heteroatoms. The van der Waals surface area contributed by atoms with E-state index in [2.05, 4.69) is 23.9 Å². The van der Waals surface area contributed by atoms with Crippen LogP contribution in [0.15, 0.2) is 53.4 Å². The largest absolute Gasteiger partial charge is 0.349 e. The van der Waals surface area contributed by atoms with Crippen LogP contribution < -0.4 is 10.0 Å². The summed E-state index contributed by atoms with van der Waals surface area (Å²) in [4.78, 5) is 12.4. The van der Waals surface area contributed by atoms with Gasteiger partial charge in [-0.25, -0.2) is 8.42 Å². The molecule has 5 nitrogen and oxygen atoms in total. The number of amides is 1. The third-order valence-corrected chi connectivity index (χ3v) is 6.34. The molecule has 0 bridgehead atoms. The van der Waals surface area contributed by atoms with Gasteiger partial charge in [0, 0.05) is 17.3 Å². The average Bonchev–Trinajstić information content (AvgIpc) is 3.15. The Morgan fingerprint density at radius 2 is 1.56 bits per heavy atom. The smallest absolute Gasteiger partial charge is 0.261 e. The molecule has 0 spiro atoms. The summed E-state index contributed by atoms with van der Waals surface area (Å²) in [5, 5.41) is 3.00. The maximum absolute atomic E-state index is 12.6. The van der Waals surface area contributed by atoms with E-state index in [4.69, 9.17) is 0 Å². The first-order valence-electron chi connectivity index (χ1n) is 9.39. The molecule has 0 aromatic heterocycles. The molecular weight excluding hydrogens is 360 g/mol. The summed E-state index contributed by atoms with van der Waals surface area (Å²) in [5.74, 6) is 0.238. The summed E-state index contributed by atoms with van der Waals surface area (Å²) in [6.07, 6.45) is 4.31. The van der Waals surface area contributed by atoms with Gasteiger partial charge in [0.15, 0.2) is 0 Å². The lowest BCUT2D eigenvalue weighted by atomic mass is 10.0. The number of nitrogens with one attached hydrogen (secondary N) is 2. The molecule has 1 aliphatic carbocycles. The minimum absolute atomic E-state index is 0.132. The third-order valence-electron chi connectivity index (χ3n) is 4.95. The zero-order valence-electron chi connectivity index (χ0n) is 15.7. The molecule has 27 heavy (non-hydrogen) atoms. The number of carbonyl (C=O) groups is 1. The second-order valence-corrected chi connectivity index (χ2v) is 9.04. The van der Waals surface area contributed by atoms with Gasteiger partial charge in [-0.05, 0) is 60.7 Å². The highest BCUT2D eigenvalue weighted by Gasteiger charge is 2.19. The van der Waals surface area contributed by atoms with Crippen LogP contribution in [0.2, 0.25) is 0 Å². The van der Waals surface area contributed by atoms with E-state index < -0.39 is 10.0 Å². The van der Waals surface area contributed by atoms with Crippen LogP contribution in [0.3, 0.4) is 0 Å². The molecule has 1 amide bonds. The maximum Gasteiger partial charge on any atom is 0.261 e. The molecule has 0 radical (unpaired) electrons. The molecule has 1 fully saturated rings. The van der Waals surface area contributed by atoms with Gasteiger partial charge in [0.2, 0.25) is 0 Å². The van der Waals surface area contributed by atoms with Crippen molar-refractivity contribution in [2.45, 2.75) is 56.4 Å². The molecular formula is C21H26N2O3S. The van der Waals surface area contributed by atoms with Crippen LogP contribution in [0, 0.1) is 0 Å². The van der Waals surface area contributed by atoms with E-state index in [9.17, 15) is 13.2 Å². The van der Waals surface area contributed by atoms with Crippen molar-refractivity contribution in [3.8, 4) is 0 Å². The molecule has 0 heterocycles. The number of benzene rings is 2. The predicted molar refractivity (Wildman–Crippen MR) is 108 cm³/mol. The van der Waals surface area contributed by atoms with E-state index in [-0.39, 0.29) is 16.8 Å². The number of rotatable bonds is 6. The molecule has 144 valence electrons. The number of anilines is 1. The van der Waals surface area contributed by atoms with Gasteiger partial charge in [0.25, 0.3) is 15.9 Å². The Kier molecular flexibility index (Phi) is 5.85. The van der Waals surface area contributed by atoms with Crippen molar-refractivity contribution in [1.29, 1.82) is 0 Å². The van der Waals surface area contributed by atoms with Crippen LogP contribution >= 0.6 is 0 Å². The monoisotopic (exact) mass is 386 g/mol. The van der Waals surface area contributed by atoms with Gasteiger partial charge in [-0.1, -0.05) is 38.8 Å². The van der Waals surface area contributed by atoms with E-state index in [0.29, 0.717) is 17.2 Å². The van der Waals surface area contributed by atoms with Gasteiger partial charge >= 0.3 is 0 Å². The molecule has 2 aromatic carbocycles. The first kappa shape index (κ1) is 19.4. The third kappa shape index (κ3) is 4.89. The zero-order chi connectivity index (χ0) is 19.4. The number of hydrogen-bond donors (Lipinski definition) is 2. The van der Waals surface area contributed by atoms with Crippen LogP contribution in [-0.4, -0.2) is 20.4 Å². The van der Waals surface area contributed by atoms with Crippen LogP contribution in [0.5, 0.6) is 0 Å². The molecule has 0 saturated heterocycles. The lowest BCUT2D eigenvalue weighted by Gasteiger charge is -2.13. The van der Waals surface area contributed by atoms with Gasteiger partial charge in [-0.2, -0.15) is 0 Å². The van der Waals surface area contributed by atoms with Gasteiger partial charge in [-0.3, -0.25) is 9.52 Å². The summed E-state index contributed by atoms with van der Waals surface area (Å²) in [7, 11) is -3.69. The van der Waals surface area contributed by atoms with Crippen molar-refractivity contribution < 1.29 is 13.2 Å². The molecule has 3 rings (SSSR count). The Morgan fingerprint density at radius 3 is 2.11 bits per heavy atom. The normalized spacial score (nSPS) is 15.1. The van der Waals surface area contributed by atoms with Crippen molar-refractivity contribution >= 4 is 21.6 Å². The standard InChI is InChI=1S/C21H26N2O3S/c1-15(2)16-7-11-19(12-8-16)23-27(25,26)20-13-9-17(10-14-20)21(24)22-18-5-3-4-6-18/h7-15,18,23H,3-6H2,1-2H3,(H,22,24). The van der Waals surface area contributed by atoms with Crippen LogP contribution in [0.25, 0.3) is 0 Å². The minimum atomic E-state index is -3.69. The Morgan fingerprint density at radius 1 is 0.963 bits per heavy atom. The van der Waals surface area contributed by atoms with Crippen LogP contribution in [-0.2, 0) is 10.0 Å². The quantitative estimate of drug-likeness (QED) is 0.778. The molecule has 0 unspecified atom stereocenters. The van der Waals surface area contributed by atoms with Crippen molar-refractivity contribution in [3.63, 3.8) is 0 Å². The minimum Gasteiger partial charge on any atom is -0.349 e. The molecule has 1 aliphatic rings. The first-order valence-corrected chi connectivity index (χ1v) is 10.9. The van der Waals surface area contributed by atoms with Crippen molar-refractivity contribution in [2.75, 3.05) is 4.72 Å². The summed E-state index contributed by atoms with van der Waals surface area (Å²) >= 11 is 0. The Balaban J connectivity index is 1.68. The van der Waals surface area contributed by atoms with Crippen molar-refractivity contribution in [1.82, 2.24) is 5.32 Å². The van der Waals surface area contributed by atoms with E-state index >= 15 is 0 Å². The van der Waals surface area contributed by atoms with E-state index in [1.54, 1.807) is 24.3 Å². The molecule has 2 aromatic rings. The Labute approximate surface area is 161 Å². The van der Waals surface area contributed by atoms with Gasteiger partial charge < -0.3 is 5.32 Å². The lowest BCUT2D eigenvalue weighted by molar-refractivity contribution is 0.0938. The summed E-state index contributed by atoms with van der Waals surface area (Å²) in [6.45, 7) is 4.17. The topological polar surface area (TPSA) is 75.3 Å². The number of hydrogen-bond acceptors (Lipinski definition) is 3. The molecule has 0 aliphatic heterocycles. The van der Waals surface area contributed by atoms with Crippen LogP contribution in [0.4, 0.5) is 5.69 Å². The first-order chi connectivity index (χ1) is 12.8. The van der Waals surface area contributed by atoms with Crippen molar-refractivity contribution in [2.24, 2.45) is 0 Å². The van der Waals surface area contributed by atoms with Gasteiger partial charge in [0.1, 0.15) is 0 Å². The van der Waals surface area contributed by atoms with Gasteiger partial charge in [0.05, 0.1) is 4.90 Å². The second-order valence-electron chi connectivity index (χ2n) is 7.36. The molecule has 0 atom stereocenters. The van der Waals surface area contributed by atoms with Gasteiger partial charge in [-0.15, -0.1) is 0 Å². The fourth-order valence-electron chi connectivity index (χ4n) is 3.27. The maximum atomic E-state index is 12.6. The fraction of sp³-hybridized carbons (Fsp3) is 0.381. The Hall–Kier alpha value is -2.34. The Bertz CT molecular complexity index is 882. The highest BCUT2D eigenvalue weighted by molar-refractivity contribution is 7.92. The second kappa shape index (κ2) is 8.13. The summed E-state index contributed by atoms with van der Waals surface area (Å²) < 4.78 is 27.7. The predicted octanol–water partition coefficient (Wildman–Crippen LogP) is 4.28. The average molecular weight is 387 g/mol. The summed E-state index contributed by atoms with van der Waals surface area (Å²) in [6, 6.07) is 13.6. The number of carbonyl (C=O) groups excluding carboxylic acids is 1. The lowest BCUT2D eigenvalue weighted by Crippen LogP contribution is -2.32. The van der Waals surface area contributed by atoms with Crippen LogP contribution in [0.1, 0.15) is 61.4 Å². The van der Waals surface area contributed by atoms with Crippen molar-refractivity contribution in [3.05, 3.63) is 59.7 Å². The van der Waals surface area contributed by atoms with E-state index in [0.717, 1.165) is 31.2 Å². The van der Waals surface area contributed by atoms with E-state index in [1.807, 2.05) is 12.1 Å². The van der Waals surface area contributed by atoms with E-state index in [1.165, 1.54) is 12.1 Å². The highest BCUT2D eigenvalue weighted by Crippen LogP contribution is 2.21. The fourth-order valence-corrected chi connectivity index (χ4v) is 4.33. The SMILES string of the molecule is CC(C)c1ccc(NS(=O)(=O)c2ccc(C(=O)NC3CCCC3)cc2)cc1. The molecule has 1 saturated carbocycles. The molecule has 2 N–H and O–H groups in total.